The Bertz CT molecular complexity index is 1090. The quantitative estimate of drug-likeness (QED) is 0.312. The number of nitrogens with one attached hydrogen (secondary N) is 3. The number of carbonyl (C=O) groups is 1. The van der Waals surface area contributed by atoms with E-state index in [-0.39, 0.29) is 12.5 Å². The van der Waals surface area contributed by atoms with Gasteiger partial charge < -0.3 is 25.3 Å². The van der Waals surface area contributed by atoms with Crippen LogP contribution >= 0.6 is 0 Å². The van der Waals surface area contributed by atoms with Crippen molar-refractivity contribution in [3.05, 3.63) is 59.8 Å². The molecule has 0 aliphatic carbocycles. The molecule has 0 fully saturated rings. The summed E-state index contributed by atoms with van der Waals surface area (Å²) < 4.78 is 5.50. The highest BCUT2D eigenvalue weighted by atomic mass is 16.5. The predicted molar refractivity (Wildman–Crippen MR) is 125 cm³/mol. The number of benzene rings is 2. The first-order chi connectivity index (χ1) is 15.2. The van der Waals surface area contributed by atoms with Gasteiger partial charge in [-0.05, 0) is 43.0 Å². The second-order valence-electron chi connectivity index (χ2n) is 7.64. The minimum absolute atomic E-state index is 0.00447. The average molecular weight is 420 g/mol. The van der Waals surface area contributed by atoms with Crippen molar-refractivity contribution in [1.82, 2.24) is 15.6 Å². The van der Waals surface area contributed by atoms with Crippen LogP contribution in [0, 0.1) is 6.92 Å². The van der Waals surface area contributed by atoms with E-state index in [2.05, 4.69) is 51.9 Å². The number of carbonyl (C=O) groups excluding carboxylic acids is 1. The third-order valence-corrected chi connectivity index (χ3v) is 5.58. The lowest BCUT2D eigenvalue weighted by molar-refractivity contribution is -0.121. The second-order valence-corrected chi connectivity index (χ2v) is 7.64. The van der Waals surface area contributed by atoms with Crippen LogP contribution in [0.25, 0.3) is 10.9 Å². The standard InChI is InChI=1S/C24H29N5O2/c1-17-7-5-8-19-18(15-28-23(17)19)11-13-27-24(25-2)26-12-6-14-29-20-9-3-4-10-21(20)31-16-22(29)30/h3-5,7-10,15,28H,6,11-14,16H2,1-2H3,(H2,25,26,27). The molecule has 1 amide bonds. The van der Waals surface area contributed by atoms with Gasteiger partial charge in [-0.1, -0.05) is 30.3 Å². The van der Waals surface area contributed by atoms with Gasteiger partial charge in [0, 0.05) is 43.8 Å². The fraction of sp³-hybridized carbons (Fsp3) is 0.333. The molecule has 0 atom stereocenters. The van der Waals surface area contributed by atoms with E-state index in [9.17, 15) is 4.79 Å². The number of guanidine groups is 1. The van der Waals surface area contributed by atoms with E-state index in [1.807, 2.05) is 24.3 Å². The Kier molecular flexibility index (Phi) is 6.40. The van der Waals surface area contributed by atoms with Gasteiger partial charge in [0.2, 0.25) is 0 Å². The number of para-hydroxylation sites is 3. The molecule has 0 radical (unpaired) electrons. The molecule has 0 saturated carbocycles. The molecular weight excluding hydrogens is 390 g/mol. The van der Waals surface area contributed by atoms with Crippen molar-refractivity contribution in [3.63, 3.8) is 0 Å². The fourth-order valence-corrected chi connectivity index (χ4v) is 3.95. The number of amides is 1. The summed E-state index contributed by atoms with van der Waals surface area (Å²) in [7, 11) is 1.77. The summed E-state index contributed by atoms with van der Waals surface area (Å²) in [5, 5.41) is 7.99. The Morgan fingerprint density at radius 3 is 2.87 bits per heavy atom. The number of hydrogen-bond acceptors (Lipinski definition) is 3. The molecule has 0 saturated heterocycles. The Hall–Kier alpha value is -3.48. The number of aromatic nitrogens is 1. The van der Waals surface area contributed by atoms with Gasteiger partial charge in [-0.25, -0.2) is 0 Å². The molecule has 0 spiro atoms. The van der Waals surface area contributed by atoms with Crippen LogP contribution in [0.2, 0.25) is 0 Å². The van der Waals surface area contributed by atoms with Crippen molar-refractivity contribution >= 4 is 28.5 Å². The highest BCUT2D eigenvalue weighted by Gasteiger charge is 2.24. The van der Waals surface area contributed by atoms with Crippen molar-refractivity contribution in [2.75, 3.05) is 38.2 Å². The number of aryl methyl sites for hydroxylation is 1. The van der Waals surface area contributed by atoms with Gasteiger partial charge in [0.05, 0.1) is 5.69 Å². The van der Waals surface area contributed by atoms with Crippen LogP contribution in [-0.2, 0) is 11.2 Å². The zero-order valence-corrected chi connectivity index (χ0v) is 18.1. The molecule has 4 rings (SSSR count). The number of H-pyrrole nitrogens is 1. The van der Waals surface area contributed by atoms with Crippen molar-refractivity contribution in [2.45, 2.75) is 19.8 Å². The molecule has 162 valence electrons. The molecule has 1 aliphatic rings. The summed E-state index contributed by atoms with van der Waals surface area (Å²) in [4.78, 5) is 21.7. The van der Waals surface area contributed by atoms with E-state index >= 15 is 0 Å². The Balaban J connectivity index is 1.23. The Labute approximate surface area is 182 Å². The molecule has 1 aromatic heterocycles. The minimum Gasteiger partial charge on any atom is -0.482 e. The molecule has 7 nitrogen and oxygen atoms in total. The van der Waals surface area contributed by atoms with Crippen LogP contribution in [-0.4, -0.2) is 50.1 Å². The molecule has 31 heavy (non-hydrogen) atoms. The normalized spacial score (nSPS) is 13.8. The van der Waals surface area contributed by atoms with Crippen molar-refractivity contribution in [1.29, 1.82) is 0 Å². The zero-order valence-electron chi connectivity index (χ0n) is 18.1. The molecule has 1 aliphatic heterocycles. The average Bonchev–Trinajstić information content (AvgIpc) is 3.21. The molecule has 0 unspecified atom stereocenters. The van der Waals surface area contributed by atoms with Gasteiger partial charge >= 0.3 is 0 Å². The molecule has 0 bridgehead atoms. The number of ether oxygens (including phenoxy) is 1. The summed E-state index contributed by atoms with van der Waals surface area (Å²) >= 11 is 0. The van der Waals surface area contributed by atoms with E-state index in [4.69, 9.17) is 4.74 Å². The molecule has 2 heterocycles. The van der Waals surface area contributed by atoms with Crippen LogP contribution in [0.5, 0.6) is 5.75 Å². The van der Waals surface area contributed by atoms with Crippen molar-refractivity contribution < 1.29 is 9.53 Å². The van der Waals surface area contributed by atoms with Crippen LogP contribution in [0.1, 0.15) is 17.5 Å². The number of rotatable bonds is 7. The highest BCUT2D eigenvalue weighted by Crippen LogP contribution is 2.31. The van der Waals surface area contributed by atoms with Crippen molar-refractivity contribution in [3.8, 4) is 5.75 Å². The first kappa shape index (κ1) is 20.8. The summed E-state index contributed by atoms with van der Waals surface area (Å²) in [6.07, 6.45) is 3.80. The first-order valence-electron chi connectivity index (χ1n) is 10.7. The van der Waals surface area contributed by atoms with Crippen LogP contribution in [0.3, 0.4) is 0 Å². The van der Waals surface area contributed by atoms with E-state index in [1.54, 1.807) is 11.9 Å². The maximum atomic E-state index is 12.3. The summed E-state index contributed by atoms with van der Waals surface area (Å²) in [6, 6.07) is 14.0. The number of aliphatic imine (C=N–C) groups is 1. The number of fused-ring (bicyclic) bond motifs is 2. The van der Waals surface area contributed by atoms with Crippen molar-refractivity contribution in [2.24, 2.45) is 4.99 Å². The minimum atomic E-state index is -0.00447. The number of nitrogens with zero attached hydrogens (tertiary/aromatic N) is 2. The number of aromatic amines is 1. The maximum Gasteiger partial charge on any atom is 0.265 e. The molecular formula is C24H29N5O2. The van der Waals surface area contributed by atoms with Crippen LogP contribution in [0.15, 0.2) is 53.7 Å². The lowest BCUT2D eigenvalue weighted by Crippen LogP contribution is -2.42. The SMILES string of the molecule is CN=C(NCCCN1C(=O)COc2ccccc21)NCCc1c[nH]c2c(C)cccc12. The molecule has 7 heteroatoms. The Morgan fingerprint density at radius 1 is 1.16 bits per heavy atom. The first-order valence-corrected chi connectivity index (χ1v) is 10.7. The molecule has 2 aromatic carbocycles. The van der Waals surface area contributed by atoms with Gasteiger partial charge in [-0.3, -0.25) is 9.79 Å². The zero-order chi connectivity index (χ0) is 21.6. The summed E-state index contributed by atoms with van der Waals surface area (Å²) in [5.74, 6) is 1.53. The number of anilines is 1. The largest absolute Gasteiger partial charge is 0.482 e. The van der Waals surface area contributed by atoms with E-state index < -0.39 is 0 Å². The smallest absolute Gasteiger partial charge is 0.265 e. The molecule has 3 N–H and O–H groups in total. The summed E-state index contributed by atoms with van der Waals surface area (Å²) in [5.41, 5.74) is 4.61. The topological polar surface area (TPSA) is 81.8 Å². The van der Waals surface area contributed by atoms with Gasteiger partial charge in [-0.15, -0.1) is 0 Å². The fourth-order valence-electron chi connectivity index (χ4n) is 3.95. The monoisotopic (exact) mass is 419 g/mol. The summed E-state index contributed by atoms with van der Waals surface area (Å²) in [6.45, 7) is 4.36. The lowest BCUT2D eigenvalue weighted by Gasteiger charge is -2.29. The van der Waals surface area contributed by atoms with Gasteiger partial charge in [-0.2, -0.15) is 0 Å². The predicted octanol–water partition coefficient (Wildman–Crippen LogP) is 3.00. The molecule has 3 aromatic rings. The van der Waals surface area contributed by atoms with E-state index in [0.717, 1.165) is 43.3 Å². The van der Waals surface area contributed by atoms with E-state index in [1.165, 1.54) is 22.0 Å². The third-order valence-electron chi connectivity index (χ3n) is 5.58. The number of hydrogen-bond donors (Lipinski definition) is 3. The second kappa shape index (κ2) is 9.55. The van der Waals surface area contributed by atoms with Gasteiger partial charge in [0.15, 0.2) is 12.6 Å². The highest BCUT2D eigenvalue weighted by molar-refractivity contribution is 5.97. The van der Waals surface area contributed by atoms with Gasteiger partial charge in [0.25, 0.3) is 5.91 Å². The van der Waals surface area contributed by atoms with E-state index in [0.29, 0.717) is 6.54 Å². The lowest BCUT2D eigenvalue weighted by atomic mass is 10.1. The van der Waals surface area contributed by atoms with Crippen LogP contribution in [0.4, 0.5) is 5.69 Å². The maximum absolute atomic E-state index is 12.3. The Morgan fingerprint density at radius 2 is 2.00 bits per heavy atom. The van der Waals surface area contributed by atoms with Gasteiger partial charge in [0.1, 0.15) is 5.75 Å². The van der Waals surface area contributed by atoms with Crippen LogP contribution < -0.4 is 20.3 Å². The third kappa shape index (κ3) is 4.66.